The Morgan fingerprint density at radius 3 is 2.49 bits per heavy atom. The molecule has 2 aromatic rings. The molecular weight excluding hydrogens is 535 g/mol. The maximum Gasteiger partial charge on any atom is 0.276 e. The predicted molar refractivity (Wildman–Crippen MR) is 148 cm³/mol. The third-order valence-corrected chi connectivity index (χ3v) is 7.45. The molecule has 0 radical (unpaired) electrons. The van der Waals surface area contributed by atoms with Gasteiger partial charge < -0.3 is 19.9 Å². The van der Waals surface area contributed by atoms with Crippen molar-refractivity contribution in [1.29, 1.82) is 0 Å². The van der Waals surface area contributed by atoms with Gasteiger partial charge in [-0.1, -0.05) is 90.1 Å². The first-order valence-electron chi connectivity index (χ1n) is 12.6. The molecule has 1 aliphatic carbocycles. The van der Waals surface area contributed by atoms with E-state index in [4.69, 9.17) is 44.3 Å². The number of carbonyl (C=O) groups is 1. The number of amides is 1. The van der Waals surface area contributed by atoms with Gasteiger partial charge in [0.2, 0.25) is 0 Å². The molecule has 6 nitrogen and oxygen atoms in total. The van der Waals surface area contributed by atoms with E-state index in [1.165, 1.54) is 25.7 Å². The fourth-order valence-corrected chi connectivity index (χ4v) is 5.21. The van der Waals surface area contributed by atoms with Gasteiger partial charge in [-0.05, 0) is 36.1 Å². The van der Waals surface area contributed by atoms with Crippen molar-refractivity contribution in [2.45, 2.75) is 67.0 Å². The van der Waals surface area contributed by atoms with Crippen molar-refractivity contribution in [3.05, 3.63) is 77.9 Å². The molecule has 1 aliphatic heterocycles. The summed E-state index contributed by atoms with van der Waals surface area (Å²) in [7, 11) is 0. The first kappa shape index (κ1) is 28.4. The molecule has 2 aromatic carbocycles. The van der Waals surface area contributed by atoms with Crippen molar-refractivity contribution in [1.82, 2.24) is 4.90 Å². The van der Waals surface area contributed by atoms with E-state index >= 15 is 0 Å². The summed E-state index contributed by atoms with van der Waals surface area (Å²) < 4.78 is 10.9. The second-order valence-electron chi connectivity index (χ2n) is 9.61. The maximum absolute atomic E-state index is 12.2. The lowest BCUT2D eigenvalue weighted by Gasteiger charge is -2.39. The fourth-order valence-electron chi connectivity index (χ4n) is 5.07. The molecule has 4 rings (SSSR count). The Morgan fingerprint density at radius 2 is 1.84 bits per heavy atom. The highest BCUT2D eigenvalue weighted by atomic mass is 35.6. The molecular formula is C28H33Cl3N2O4. The average molecular weight is 568 g/mol. The van der Waals surface area contributed by atoms with Crippen LogP contribution in [0.1, 0.15) is 61.2 Å². The minimum atomic E-state index is -2.07. The lowest BCUT2D eigenvalue weighted by Crippen LogP contribution is -2.43. The summed E-state index contributed by atoms with van der Waals surface area (Å²) in [6, 6.07) is 15.5. The van der Waals surface area contributed by atoms with Gasteiger partial charge in [-0.15, -0.1) is 6.58 Å². The van der Waals surface area contributed by atoms with E-state index in [0.717, 1.165) is 29.8 Å². The largest absolute Gasteiger partial charge is 0.392 e. The minimum Gasteiger partial charge on any atom is -0.392 e. The maximum atomic E-state index is 12.2. The van der Waals surface area contributed by atoms with Crippen molar-refractivity contribution in [2.75, 3.05) is 18.4 Å². The van der Waals surface area contributed by atoms with Gasteiger partial charge in [0.15, 0.2) is 6.29 Å². The lowest BCUT2D eigenvalue weighted by molar-refractivity contribution is -0.253. The van der Waals surface area contributed by atoms with Crippen molar-refractivity contribution in [3.8, 4) is 0 Å². The zero-order valence-electron chi connectivity index (χ0n) is 20.6. The van der Waals surface area contributed by atoms with Gasteiger partial charge in [0.25, 0.3) is 9.70 Å². The first-order chi connectivity index (χ1) is 17.8. The molecule has 0 spiro atoms. The Bertz CT molecular complexity index is 1050. The zero-order chi connectivity index (χ0) is 26.4. The predicted octanol–water partition coefficient (Wildman–Crippen LogP) is 6.46. The van der Waals surface area contributed by atoms with Crippen LogP contribution in [0.25, 0.3) is 0 Å². The standard InChI is InChI=1S/C28H33Cl3N2O4/c1-2-14-33(23-8-3-4-9-23)17-24-16-25(20-12-10-19(18-34)11-13-20)37-26(36-24)21-6-5-7-22(15-21)32-27(35)28(29,30)31/h2,5-7,10-13,15,23-26,34H,1,3-4,8-9,14,16-18H2,(H,32,35)/t24-,25+,26+/m0/s1. The Morgan fingerprint density at radius 1 is 1.11 bits per heavy atom. The van der Waals surface area contributed by atoms with Crippen molar-refractivity contribution >= 4 is 46.4 Å². The number of aliphatic hydroxyl groups is 1. The number of nitrogens with one attached hydrogen (secondary N) is 1. The number of carbonyl (C=O) groups excluding carboxylic acids is 1. The normalized spacial score (nSPS) is 22.8. The van der Waals surface area contributed by atoms with Crippen LogP contribution in [0.4, 0.5) is 5.69 Å². The van der Waals surface area contributed by atoms with Gasteiger partial charge >= 0.3 is 0 Å². The highest BCUT2D eigenvalue weighted by Crippen LogP contribution is 2.39. The quantitative estimate of drug-likeness (QED) is 0.269. The number of rotatable bonds is 9. The van der Waals surface area contributed by atoms with Gasteiger partial charge in [-0.3, -0.25) is 9.69 Å². The van der Waals surface area contributed by atoms with Crippen LogP contribution in [-0.2, 0) is 20.9 Å². The SMILES string of the molecule is C=CCN(C[C@@H]1C[C@H](c2ccc(CO)cc2)O[C@H](c2cccc(NC(=O)C(Cl)(Cl)Cl)c2)O1)C1CCCC1. The van der Waals surface area contributed by atoms with Gasteiger partial charge in [0.05, 0.1) is 18.8 Å². The van der Waals surface area contributed by atoms with Crippen molar-refractivity contribution < 1.29 is 19.4 Å². The van der Waals surface area contributed by atoms with E-state index in [2.05, 4.69) is 16.8 Å². The molecule has 9 heteroatoms. The van der Waals surface area contributed by atoms with Crippen molar-refractivity contribution in [3.63, 3.8) is 0 Å². The van der Waals surface area contributed by atoms with E-state index in [-0.39, 0.29) is 18.8 Å². The number of alkyl halides is 3. The molecule has 2 fully saturated rings. The summed E-state index contributed by atoms with van der Waals surface area (Å²) in [4.78, 5) is 14.6. The highest BCUT2D eigenvalue weighted by Gasteiger charge is 2.35. The molecule has 0 aromatic heterocycles. The van der Waals surface area contributed by atoms with Crippen LogP contribution < -0.4 is 5.32 Å². The number of ether oxygens (including phenoxy) is 2. The smallest absolute Gasteiger partial charge is 0.276 e. The number of anilines is 1. The van der Waals surface area contributed by atoms with Gasteiger partial charge in [-0.2, -0.15) is 0 Å². The Balaban J connectivity index is 1.57. The van der Waals surface area contributed by atoms with Crippen molar-refractivity contribution in [2.24, 2.45) is 0 Å². The lowest BCUT2D eigenvalue weighted by atomic mass is 9.99. The van der Waals surface area contributed by atoms with Crippen LogP contribution in [0.5, 0.6) is 0 Å². The summed E-state index contributed by atoms with van der Waals surface area (Å²) in [6.45, 7) is 5.54. The van der Waals surface area contributed by atoms with Crippen LogP contribution >= 0.6 is 34.8 Å². The molecule has 1 amide bonds. The number of hydrogen-bond acceptors (Lipinski definition) is 5. The van der Waals surface area contributed by atoms with Crippen LogP contribution in [0.3, 0.4) is 0 Å². The molecule has 2 aliphatic rings. The fraction of sp³-hybridized carbons (Fsp3) is 0.464. The van der Waals surface area contributed by atoms with E-state index in [1.807, 2.05) is 36.4 Å². The second kappa shape index (κ2) is 12.9. The van der Waals surface area contributed by atoms with Crippen LogP contribution in [0.15, 0.2) is 61.2 Å². The van der Waals surface area contributed by atoms with Crippen LogP contribution in [0, 0.1) is 0 Å². The first-order valence-corrected chi connectivity index (χ1v) is 13.7. The van der Waals surface area contributed by atoms with E-state index in [1.54, 1.807) is 18.2 Å². The summed E-state index contributed by atoms with van der Waals surface area (Å²) in [5.74, 6) is -0.739. The molecule has 200 valence electrons. The molecule has 0 unspecified atom stereocenters. The Labute approximate surface area is 233 Å². The summed E-state index contributed by atoms with van der Waals surface area (Å²) in [6.07, 6.45) is 6.60. The van der Waals surface area contributed by atoms with E-state index < -0.39 is 16.0 Å². The third kappa shape index (κ3) is 7.70. The van der Waals surface area contributed by atoms with Gasteiger partial charge in [0, 0.05) is 36.8 Å². The number of benzene rings is 2. The minimum absolute atomic E-state index is 0.00916. The van der Waals surface area contributed by atoms with E-state index in [9.17, 15) is 9.90 Å². The summed E-state index contributed by atoms with van der Waals surface area (Å²) >= 11 is 17.2. The van der Waals surface area contributed by atoms with Crippen LogP contribution in [0.2, 0.25) is 0 Å². The summed E-state index contributed by atoms with van der Waals surface area (Å²) in [5, 5.41) is 12.1. The Kier molecular flexibility index (Phi) is 9.92. The van der Waals surface area contributed by atoms with E-state index in [0.29, 0.717) is 18.2 Å². The molecule has 2 N–H and O–H groups in total. The third-order valence-electron chi connectivity index (χ3n) is 6.93. The summed E-state index contributed by atoms with van der Waals surface area (Å²) in [5.41, 5.74) is 3.10. The van der Waals surface area contributed by atoms with Gasteiger partial charge in [0.1, 0.15) is 0 Å². The molecule has 1 saturated heterocycles. The topological polar surface area (TPSA) is 71.0 Å². The zero-order valence-corrected chi connectivity index (χ0v) is 22.9. The molecule has 1 saturated carbocycles. The Hall–Kier alpha value is -1.64. The number of hydrogen-bond donors (Lipinski definition) is 2. The molecule has 3 atom stereocenters. The number of nitrogens with zero attached hydrogens (tertiary/aromatic N) is 1. The second-order valence-corrected chi connectivity index (χ2v) is 11.9. The monoisotopic (exact) mass is 566 g/mol. The van der Waals surface area contributed by atoms with Crippen LogP contribution in [-0.4, -0.2) is 44.9 Å². The van der Waals surface area contributed by atoms with Gasteiger partial charge in [-0.25, -0.2) is 0 Å². The molecule has 1 heterocycles. The molecule has 37 heavy (non-hydrogen) atoms. The number of aliphatic hydroxyl groups excluding tert-OH is 1. The molecule has 0 bridgehead atoms. The highest BCUT2D eigenvalue weighted by molar-refractivity contribution is 6.76. The number of halogens is 3. The average Bonchev–Trinajstić information content (AvgIpc) is 3.43.